The number of ether oxygens (including phenoxy) is 2. The standard InChI is InChI=1S/C21H23ClN2O4S2/c1-27-19-8-7-14(9-20(19)28-2)10-24-18-13-30(25,26)12-17(18)23-21(24)29-11-15-5-3-4-6-16(15)22/h3-9,17-18H,10-13H2,1-2H3/t17-,18+/m0/s1. The zero-order chi connectivity index (χ0) is 21.3. The maximum Gasteiger partial charge on any atom is 0.161 e. The Labute approximate surface area is 186 Å². The molecule has 6 nitrogen and oxygen atoms in total. The van der Waals surface area contributed by atoms with E-state index in [1.807, 2.05) is 42.5 Å². The third kappa shape index (κ3) is 4.40. The van der Waals surface area contributed by atoms with E-state index in [-0.39, 0.29) is 23.6 Å². The van der Waals surface area contributed by atoms with Crippen LogP contribution in [0.3, 0.4) is 0 Å². The number of thioether (sulfide) groups is 1. The van der Waals surface area contributed by atoms with E-state index in [0.717, 1.165) is 21.3 Å². The Bertz CT molecular complexity index is 1070. The number of halogens is 1. The lowest BCUT2D eigenvalue weighted by atomic mass is 10.1. The van der Waals surface area contributed by atoms with Gasteiger partial charge in [-0.05, 0) is 29.3 Å². The zero-order valence-corrected chi connectivity index (χ0v) is 19.1. The molecule has 1 saturated heterocycles. The molecule has 2 heterocycles. The molecule has 2 aromatic carbocycles. The van der Waals surface area contributed by atoms with E-state index in [1.54, 1.807) is 26.0 Å². The molecule has 0 radical (unpaired) electrons. The minimum atomic E-state index is -3.08. The van der Waals surface area contributed by atoms with Gasteiger partial charge in [0.25, 0.3) is 0 Å². The molecule has 0 saturated carbocycles. The first kappa shape index (κ1) is 21.3. The van der Waals surface area contributed by atoms with Crippen LogP contribution in [0, 0.1) is 0 Å². The summed E-state index contributed by atoms with van der Waals surface area (Å²) < 4.78 is 35.1. The maximum atomic E-state index is 12.2. The summed E-state index contributed by atoms with van der Waals surface area (Å²) in [5.74, 6) is 2.21. The number of hydrogen-bond donors (Lipinski definition) is 0. The molecule has 0 aromatic heterocycles. The highest BCUT2D eigenvalue weighted by Gasteiger charge is 2.46. The highest BCUT2D eigenvalue weighted by molar-refractivity contribution is 8.13. The third-order valence-electron chi connectivity index (χ3n) is 5.33. The van der Waals surface area contributed by atoms with Crippen LogP contribution in [0.5, 0.6) is 11.5 Å². The molecule has 0 amide bonds. The lowest BCUT2D eigenvalue weighted by Crippen LogP contribution is -2.38. The third-order valence-corrected chi connectivity index (χ3v) is 8.45. The van der Waals surface area contributed by atoms with Gasteiger partial charge in [-0.15, -0.1) is 0 Å². The summed E-state index contributed by atoms with van der Waals surface area (Å²) in [5.41, 5.74) is 2.03. The van der Waals surface area contributed by atoms with Gasteiger partial charge in [-0.3, -0.25) is 4.99 Å². The second kappa shape index (κ2) is 8.69. The first-order valence-corrected chi connectivity index (χ1v) is 12.7. The Kier molecular flexibility index (Phi) is 6.18. The van der Waals surface area contributed by atoms with Crippen molar-refractivity contribution in [3.8, 4) is 11.5 Å². The molecule has 0 spiro atoms. The van der Waals surface area contributed by atoms with Gasteiger partial charge in [0.05, 0.1) is 37.8 Å². The van der Waals surface area contributed by atoms with Crippen LogP contribution in [-0.4, -0.2) is 56.3 Å². The van der Waals surface area contributed by atoms with E-state index in [1.165, 1.54) is 0 Å². The second-order valence-corrected chi connectivity index (χ2v) is 10.8. The van der Waals surface area contributed by atoms with Crippen molar-refractivity contribution < 1.29 is 17.9 Å². The largest absolute Gasteiger partial charge is 0.493 e. The van der Waals surface area contributed by atoms with Crippen LogP contribution in [0.4, 0.5) is 0 Å². The Hall–Kier alpha value is -1.90. The number of hydrogen-bond acceptors (Lipinski definition) is 7. The first-order chi connectivity index (χ1) is 14.4. The van der Waals surface area contributed by atoms with Gasteiger partial charge in [-0.2, -0.15) is 0 Å². The number of aliphatic imine (C=N–C) groups is 1. The molecular weight excluding hydrogens is 444 g/mol. The summed E-state index contributed by atoms with van der Waals surface area (Å²) in [4.78, 5) is 6.88. The van der Waals surface area contributed by atoms with Crippen molar-refractivity contribution in [1.82, 2.24) is 4.90 Å². The molecule has 9 heteroatoms. The molecule has 2 aliphatic heterocycles. The first-order valence-electron chi connectivity index (χ1n) is 9.52. The molecule has 0 aliphatic carbocycles. The molecule has 1 fully saturated rings. The smallest absolute Gasteiger partial charge is 0.161 e. The fourth-order valence-corrected chi connectivity index (χ4v) is 7.10. The summed E-state index contributed by atoms with van der Waals surface area (Å²) in [7, 11) is 0.125. The van der Waals surface area contributed by atoms with Crippen LogP contribution < -0.4 is 9.47 Å². The van der Waals surface area contributed by atoms with Crippen LogP contribution in [0.25, 0.3) is 0 Å². The van der Waals surface area contributed by atoms with Crippen LogP contribution in [0.15, 0.2) is 47.5 Å². The van der Waals surface area contributed by atoms with Gasteiger partial charge in [-0.25, -0.2) is 8.42 Å². The highest BCUT2D eigenvalue weighted by Crippen LogP contribution is 2.35. The summed E-state index contributed by atoms with van der Waals surface area (Å²) >= 11 is 7.89. The van der Waals surface area contributed by atoms with Crippen LogP contribution in [-0.2, 0) is 22.1 Å². The monoisotopic (exact) mass is 466 g/mol. The van der Waals surface area contributed by atoms with Crippen molar-refractivity contribution >= 4 is 38.4 Å². The Morgan fingerprint density at radius 1 is 1.13 bits per heavy atom. The number of fused-ring (bicyclic) bond motifs is 1. The molecule has 30 heavy (non-hydrogen) atoms. The number of amidine groups is 1. The molecule has 2 aromatic rings. The highest BCUT2D eigenvalue weighted by atomic mass is 35.5. The topological polar surface area (TPSA) is 68.2 Å². The van der Waals surface area contributed by atoms with Gasteiger partial charge in [0, 0.05) is 17.3 Å². The molecule has 0 bridgehead atoms. The van der Waals surface area contributed by atoms with Crippen molar-refractivity contribution in [2.75, 3.05) is 25.7 Å². The van der Waals surface area contributed by atoms with Crippen molar-refractivity contribution in [3.63, 3.8) is 0 Å². The van der Waals surface area contributed by atoms with Crippen molar-refractivity contribution in [3.05, 3.63) is 58.6 Å². The average molecular weight is 467 g/mol. The van der Waals surface area contributed by atoms with Crippen LogP contribution in [0.2, 0.25) is 5.02 Å². The summed E-state index contributed by atoms with van der Waals surface area (Å²) in [6, 6.07) is 13.1. The van der Waals surface area contributed by atoms with E-state index in [2.05, 4.69) is 4.90 Å². The summed E-state index contributed by atoms with van der Waals surface area (Å²) in [5, 5.41) is 1.58. The maximum absolute atomic E-state index is 12.2. The molecule has 2 aliphatic rings. The Balaban J connectivity index is 1.57. The van der Waals surface area contributed by atoms with Crippen molar-refractivity contribution in [2.45, 2.75) is 24.4 Å². The lowest BCUT2D eigenvalue weighted by molar-refractivity contribution is 0.337. The van der Waals surface area contributed by atoms with Gasteiger partial charge in [-0.1, -0.05) is 47.6 Å². The van der Waals surface area contributed by atoms with Crippen LogP contribution in [0.1, 0.15) is 11.1 Å². The van der Waals surface area contributed by atoms with Gasteiger partial charge in [0.2, 0.25) is 0 Å². The number of rotatable bonds is 6. The van der Waals surface area contributed by atoms with E-state index in [0.29, 0.717) is 23.8 Å². The number of benzene rings is 2. The minimum absolute atomic E-state index is 0.107. The quantitative estimate of drug-likeness (QED) is 0.647. The van der Waals surface area contributed by atoms with Gasteiger partial charge in [0.15, 0.2) is 26.5 Å². The van der Waals surface area contributed by atoms with E-state index >= 15 is 0 Å². The number of methoxy groups -OCH3 is 2. The normalized spacial score (nSPS) is 22.0. The lowest BCUT2D eigenvalue weighted by Gasteiger charge is -2.27. The predicted octanol–water partition coefficient (Wildman–Crippen LogP) is 3.63. The Morgan fingerprint density at radius 3 is 2.63 bits per heavy atom. The van der Waals surface area contributed by atoms with E-state index in [4.69, 9.17) is 26.1 Å². The molecule has 4 rings (SSSR count). The molecule has 0 N–H and O–H groups in total. The number of sulfone groups is 1. The van der Waals surface area contributed by atoms with Crippen molar-refractivity contribution in [1.29, 1.82) is 0 Å². The number of nitrogens with zero attached hydrogens (tertiary/aromatic N) is 2. The van der Waals surface area contributed by atoms with E-state index in [9.17, 15) is 8.42 Å². The average Bonchev–Trinajstić information content (AvgIpc) is 3.19. The minimum Gasteiger partial charge on any atom is -0.493 e. The fraction of sp³-hybridized carbons (Fsp3) is 0.381. The molecular formula is C21H23ClN2O4S2. The molecule has 160 valence electrons. The van der Waals surface area contributed by atoms with Gasteiger partial charge >= 0.3 is 0 Å². The second-order valence-electron chi connectivity index (χ2n) is 7.32. The van der Waals surface area contributed by atoms with Crippen molar-refractivity contribution in [2.24, 2.45) is 4.99 Å². The van der Waals surface area contributed by atoms with Crippen LogP contribution >= 0.6 is 23.4 Å². The van der Waals surface area contributed by atoms with E-state index < -0.39 is 9.84 Å². The SMILES string of the molecule is COc1ccc(CN2C(SCc3ccccc3Cl)=N[C@H]3CS(=O)(=O)C[C@H]32)cc1OC. The summed E-state index contributed by atoms with van der Waals surface area (Å²) in [6.45, 7) is 0.547. The zero-order valence-electron chi connectivity index (χ0n) is 16.7. The molecule has 0 unspecified atom stereocenters. The predicted molar refractivity (Wildman–Crippen MR) is 122 cm³/mol. The van der Waals surface area contributed by atoms with Gasteiger partial charge < -0.3 is 14.4 Å². The molecule has 2 atom stereocenters. The fourth-order valence-electron chi connectivity index (χ4n) is 3.83. The summed E-state index contributed by atoms with van der Waals surface area (Å²) in [6.07, 6.45) is 0. The Morgan fingerprint density at radius 2 is 1.90 bits per heavy atom. The van der Waals surface area contributed by atoms with Gasteiger partial charge in [0.1, 0.15) is 0 Å².